The van der Waals surface area contributed by atoms with Crippen molar-refractivity contribution < 1.29 is 9.18 Å². The number of nitrogens with one attached hydrogen (secondary N) is 2. The van der Waals surface area contributed by atoms with Gasteiger partial charge in [0.25, 0.3) is 0 Å². The zero-order valence-electron chi connectivity index (χ0n) is 11.0. The lowest BCUT2D eigenvalue weighted by Crippen LogP contribution is -2.15. The minimum Gasteiger partial charge on any atom is -0.361 e. The molecular formula is C16H12BrFN2O. The number of aromatic nitrogens is 1. The SMILES string of the molecule is O=C(Cc1c[nH]c2ccccc12)Nc1ccc(Br)cc1F. The lowest BCUT2D eigenvalue weighted by atomic mass is 10.1. The first-order valence-electron chi connectivity index (χ1n) is 6.43. The van der Waals surface area contributed by atoms with Crippen LogP contribution in [0.4, 0.5) is 10.1 Å². The number of carbonyl (C=O) groups is 1. The summed E-state index contributed by atoms with van der Waals surface area (Å²) in [7, 11) is 0. The molecule has 0 aliphatic heterocycles. The van der Waals surface area contributed by atoms with Crippen LogP contribution in [0.3, 0.4) is 0 Å². The summed E-state index contributed by atoms with van der Waals surface area (Å²) >= 11 is 3.18. The molecule has 3 rings (SSSR count). The van der Waals surface area contributed by atoms with E-state index >= 15 is 0 Å². The Hall–Kier alpha value is -2.14. The molecule has 0 fully saturated rings. The van der Waals surface area contributed by atoms with Crippen LogP contribution in [0.25, 0.3) is 10.9 Å². The molecule has 2 N–H and O–H groups in total. The van der Waals surface area contributed by atoms with Crippen molar-refractivity contribution in [2.24, 2.45) is 0 Å². The van der Waals surface area contributed by atoms with Crippen LogP contribution in [0, 0.1) is 5.82 Å². The molecule has 0 saturated carbocycles. The molecule has 3 nitrogen and oxygen atoms in total. The Morgan fingerprint density at radius 3 is 2.86 bits per heavy atom. The average molecular weight is 347 g/mol. The van der Waals surface area contributed by atoms with Gasteiger partial charge in [-0.1, -0.05) is 34.1 Å². The van der Waals surface area contributed by atoms with E-state index in [1.54, 1.807) is 6.07 Å². The van der Waals surface area contributed by atoms with Gasteiger partial charge in [-0.2, -0.15) is 0 Å². The second kappa shape index (κ2) is 5.69. The maximum Gasteiger partial charge on any atom is 0.228 e. The van der Waals surface area contributed by atoms with Crippen molar-refractivity contribution in [2.45, 2.75) is 6.42 Å². The normalized spacial score (nSPS) is 10.8. The molecule has 1 amide bonds. The monoisotopic (exact) mass is 346 g/mol. The average Bonchev–Trinajstić information content (AvgIpc) is 2.85. The van der Waals surface area contributed by atoms with E-state index in [-0.39, 0.29) is 18.0 Å². The van der Waals surface area contributed by atoms with Gasteiger partial charge in [0.2, 0.25) is 5.91 Å². The smallest absolute Gasteiger partial charge is 0.228 e. The highest BCUT2D eigenvalue weighted by molar-refractivity contribution is 9.10. The molecule has 0 aliphatic carbocycles. The summed E-state index contributed by atoms with van der Waals surface area (Å²) in [5, 5.41) is 3.60. The quantitative estimate of drug-likeness (QED) is 0.731. The molecule has 2 aromatic carbocycles. The Morgan fingerprint density at radius 2 is 2.05 bits per heavy atom. The fourth-order valence-electron chi connectivity index (χ4n) is 2.24. The topological polar surface area (TPSA) is 44.9 Å². The van der Waals surface area contributed by atoms with Gasteiger partial charge in [0.1, 0.15) is 5.82 Å². The maximum atomic E-state index is 13.7. The van der Waals surface area contributed by atoms with Crippen LogP contribution in [0.2, 0.25) is 0 Å². The summed E-state index contributed by atoms with van der Waals surface area (Å²) in [6, 6.07) is 12.3. The van der Waals surface area contributed by atoms with Gasteiger partial charge >= 0.3 is 0 Å². The lowest BCUT2D eigenvalue weighted by Gasteiger charge is -2.06. The van der Waals surface area contributed by atoms with Gasteiger partial charge in [-0.05, 0) is 29.8 Å². The Kier molecular flexibility index (Phi) is 3.75. The third-order valence-electron chi connectivity index (χ3n) is 3.23. The zero-order valence-corrected chi connectivity index (χ0v) is 12.6. The summed E-state index contributed by atoms with van der Waals surface area (Å²) in [5.74, 6) is -0.711. The molecule has 3 aromatic rings. The van der Waals surface area contributed by atoms with E-state index in [1.807, 2.05) is 30.5 Å². The van der Waals surface area contributed by atoms with E-state index in [9.17, 15) is 9.18 Å². The van der Waals surface area contributed by atoms with Gasteiger partial charge in [0, 0.05) is 21.6 Å². The summed E-state index contributed by atoms with van der Waals surface area (Å²) in [5.41, 5.74) is 2.05. The van der Waals surface area contributed by atoms with Gasteiger partial charge in [-0.3, -0.25) is 4.79 Å². The van der Waals surface area contributed by atoms with E-state index in [0.717, 1.165) is 16.5 Å². The van der Waals surface area contributed by atoms with Crippen LogP contribution in [-0.4, -0.2) is 10.9 Å². The highest BCUT2D eigenvalue weighted by Gasteiger charge is 2.11. The number of fused-ring (bicyclic) bond motifs is 1. The molecule has 1 heterocycles. The molecule has 0 spiro atoms. The molecule has 0 bridgehead atoms. The number of amides is 1. The number of hydrogen-bond donors (Lipinski definition) is 2. The summed E-state index contributed by atoms with van der Waals surface area (Å²) in [4.78, 5) is 15.2. The predicted molar refractivity (Wildman–Crippen MR) is 84.7 cm³/mol. The van der Waals surface area contributed by atoms with Crippen LogP contribution in [0.15, 0.2) is 53.1 Å². The van der Waals surface area contributed by atoms with E-state index in [0.29, 0.717) is 4.47 Å². The molecule has 0 aliphatic rings. The fourth-order valence-corrected chi connectivity index (χ4v) is 2.57. The van der Waals surface area contributed by atoms with Crippen molar-refractivity contribution in [3.05, 3.63) is 64.5 Å². The molecular weight excluding hydrogens is 335 g/mol. The number of hydrogen-bond acceptors (Lipinski definition) is 1. The first-order valence-corrected chi connectivity index (χ1v) is 7.22. The van der Waals surface area contributed by atoms with Gasteiger partial charge in [-0.15, -0.1) is 0 Å². The van der Waals surface area contributed by atoms with E-state index < -0.39 is 5.82 Å². The second-order valence-corrected chi connectivity index (χ2v) is 5.62. The number of aromatic amines is 1. The molecule has 106 valence electrons. The van der Waals surface area contributed by atoms with Gasteiger partial charge in [0.15, 0.2) is 0 Å². The Balaban J connectivity index is 1.77. The van der Waals surface area contributed by atoms with Gasteiger partial charge < -0.3 is 10.3 Å². The highest BCUT2D eigenvalue weighted by atomic mass is 79.9. The first kappa shape index (κ1) is 13.8. The third-order valence-corrected chi connectivity index (χ3v) is 3.72. The highest BCUT2D eigenvalue weighted by Crippen LogP contribution is 2.21. The van der Waals surface area contributed by atoms with Crippen LogP contribution in [-0.2, 0) is 11.2 Å². The predicted octanol–water partition coefficient (Wildman–Crippen LogP) is 4.25. The van der Waals surface area contributed by atoms with Crippen molar-refractivity contribution in [2.75, 3.05) is 5.32 Å². The largest absolute Gasteiger partial charge is 0.361 e. The molecule has 5 heteroatoms. The van der Waals surface area contributed by atoms with E-state index in [1.165, 1.54) is 12.1 Å². The number of carbonyl (C=O) groups excluding carboxylic acids is 1. The Labute approximate surface area is 129 Å². The van der Waals surface area contributed by atoms with E-state index in [4.69, 9.17) is 0 Å². The Bertz CT molecular complexity index is 813. The minimum absolute atomic E-state index is 0.183. The fraction of sp³-hybridized carbons (Fsp3) is 0.0625. The molecule has 0 radical (unpaired) electrons. The number of H-pyrrole nitrogens is 1. The van der Waals surface area contributed by atoms with Crippen LogP contribution < -0.4 is 5.32 Å². The third kappa shape index (κ3) is 2.97. The number of anilines is 1. The molecule has 0 atom stereocenters. The standard InChI is InChI=1S/C16H12BrFN2O/c17-11-5-6-15(13(18)8-11)20-16(21)7-10-9-19-14-4-2-1-3-12(10)14/h1-6,8-9,19H,7H2,(H,20,21). The van der Waals surface area contributed by atoms with Crippen molar-refractivity contribution in [1.82, 2.24) is 4.98 Å². The maximum absolute atomic E-state index is 13.7. The van der Waals surface area contributed by atoms with Crippen LogP contribution in [0.5, 0.6) is 0 Å². The number of rotatable bonds is 3. The molecule has 0 saturated heterocycles. The van der Waals surface area contributed by atoms with Crippen molar-refractivity contribution >= 4 is 38.4 Å². The van der Waals surface area contributed by atoms with Crippen LogP contribution >= 0.6 is 15.9 Å². The number of para-hydroxylation sites is 1. The van der Waals surface area contributed by atoms with Crippen molar-refractivity contribution in [1.29, 1.82) is 0 Å². The lowest BCUT2D eigenvalue weighted by molar-refractivity contribution is -0.115. The number of benzene rings is 2. The summed E-state index contributed by atoms with van der Waals surface area (Å²) in [6.07, 6.45) is 2.00. The van der Waals surface area contributed by atoms with E-state index in [2.05, 4.69) is 26.2 Å². The van der Waals surface area contributed by atoms with Crippen molar-refractivity contribution in [3.8, 4) is 0 Å². The molecule has 1 aromatic heterocycles. The first-order chi connectivity index (χ1) is 10.1. The van der Waals surface area contributed by atoms with Gasteiger partial charge in [0.05, 0.1) is 12.1 Å². The summed E-state index contributed by atoms with van der Waals surface area (Å²) < 4.78 is 14.3. The number of halogens is 2. The zero-order chi connectivity index (χ0) is 14.8. The summed E-state index contributed by atoms with van der Waals surface area (Å²) in [6.45, 7) is 0. The second-order valence-electron chi connectivity index (χ2n) is 4.71. The Morgan fingerprint density at radius 1 is 1.24 bits per heavy atom. The molecule has 21 heavy (non-hydrogen) atoms. The van der Waals surface area contributed by atoms with Gasteiger partial charge in [-0.25, -0.2) is 4.39 Å². The minimum atomic E-state index is -0.461. The van der Waals surface area contributed by atoms with Crippen molar-refractivity contribution in [3.63, 3.8) is 0 Å². The molecule has 0 unspecified atom stereocenters. The van der Waals surface area contributed by atoms with Crippen LogP contribution in [0.1, 0.15) is 5.56 Å².